The average molecular weight is 204 g/mol. The largest absolute Gasteiger partial charge is 0.481 e. The number of aliphatic carboxylic acids is 2. The average Bonchev–Trinajstić information content (AvgIpc) is 1.99. The fourth-order valence-electron chi connectivity index (χ4n) is 1.05. The number of aliphatic hydroxyl groups is 1. The Labute approximate surface area is 82.4 Å². The Balaban J connectivity index is 4.39. The first kappa shape index (κ1) is 12.9. The molecule has 0 bridgehead atoms. The van der Waals surface area contributed by atoms with Crippen LogP contribution in [-0.4, -0.2) is 32.9 Å². The molecule has 5 nitrogen and oxygen atoms in total. The lowest BCUT2D eigenvalue weighted by Gasteiger charge is -2.22. The van der Waals surface area contributed by atoms with Gasteiger partial charge in [0, 0.05) is 0 Å². The van der Waals surface area contributed by atoms with Crippen LogP contribution in [0.4, 0.5) is 0 Å². The quantitative estimate of drug-likeness (QED) is 0.592. The summed E-state index contributed by atoms with van der Waals surface area (Å²) in [6.07, 6.45) is -0.308. The smallest absolute Gasteiger partial charge is 0.336 e. The van der Waals surface area contributed by atoms with Crippen LogP contribution >= 0.6 is 0 Å². The topological polar surface area (TPSA) is 94.8 Å². The molecule has 0 rings (SSSR count). The van der Waals surface area contributed by atoms with Gasteiger partial charge in [-0.05, 0) is 18.8 Å². The number of rotatable bonds is 6. The zero-order chi connectivity index (χ0) is 11.4. The van der Waals surface area contributed by atoms with Gasteiger partial charge in [0.2, 0.25) is 0 Å². The van der Waals surface area contributed by atoms with Gasteiger partial charge in [-0.1, -0.05) is 13.8 Å². The third-order valence-electron chi connectivity index (χ3n) is 1.98. The molecule has 3 N–H and O–H groups in total. The van der Waals surface area contributed by atoms with Gasteiger partial charge in [-0.25, -0.2) is 4.79 Å². The molecule has 1 atom stereocenters. The normalized spacial score (nSPS) is 15.1. The van der Waals surface area contributed by atoms with Gasteiger partial charge in [0.15, 0.2) is 5.60 Å². The maximum absolute atomic E-state index is 10.7. The molecule has 0 aromatic rings. The lowest BCUT2D eigenvalue weighted by molar-refractivity contribution is -0.166. The minimum atomic E-state index is -2.13. The van der Waals surface area contributed by atoms with E-state index in [0.29, 0.717) is 6.42 Å². The summed E-state index contributed by atoms with van der Waals surface area (Å²) in [5.41, 5.74) is -2.13. The molecule has 0 spiro atoms. The van der Waals surface area contributed by atoms with Crippen molar-refractivity contribution in [3.05, 3.63) is 0 Å². The van der Waals surface area contributed by atoms with Crippen molar-refractivity contribution in [3.8, 4) is 0 Å². The molecule has 5 heteroatoms. The molecular formula is C9H16O5. The second kappa shape index (κ2) is 4.95. The highest BCUT2D eigenvalue weighted by Gasteiger charge is 2.38. The zero-order valence-electron chi connectivity index (χ0n) is 8.36. The van der Waals surface area contributed by atoms with E-state index in [1.165, 1.54) is 0 Å². The van der Waals surface area contributed by atoms with Gasteiger partial charge in [0.25, 0.3) is 0 Å². The van der Waals surface area contributed by atoms with Crippen LogP contribution in [0.25, 0.3) is 0 Å². The van der Waals surface area contributed by atoms with Crippen molar-refractivity contribution in [2.24, 2.45) is 5.92 Å². The van der Waals surface area contributed by atoms with E-state index in [2.05, 4.69) is 0 Å². The molecule has 0 saturated carbocycles. The second-order valence-electron chi connectivity index (χ2n) is 3.84. The molecular weight excluding hydrogens is 188 g/mol. The van der Waals surface area contributed by atoms with Crippen molar-refractivity contribution in [2.45, 2.75) is 38.7 Å². The molecule has 0 unspecified atom stereocenters. The minimum Gasteiger partial charge on any atom is -0.481 e. The highest BCUT2D eigenvalue weighted by Crippen LogP contribution is 2.20. The first-order valence-electron chi connectivity index (χ1n) is 4.45. The van der Waals surface area contributed by atoms with Gasteiger partial charge in [-0.3, -0.25) is 4.79 Å². The van der Waals surface area contributed by atoms with Gasteiger partial charge in [-0.2, -0.15) is 0 Å². The summed E-state index contributed by atoms with van der Waals surface area (Å²) < 4.78 is 0. The second-order valence-corrected chi connectivity index (χ2v) is 3.84. The van der Waals surface area contributed by atoms with Gasteiger partial charge in [0.1, 0.15) is 0 Å². The lowest BCUT2D eigenvalue weighted by Crippen LogP contribution is -2.40. The third-order valence-corrected chi connectivity index (χ3v) is 1.98. The molecule has 0 aliphatic carbocycles. The molecule has 14 heavy (non-hydrogen) atoms. The van der Waals surface area contributed by atoms with Crippen molar-refractivity contribution in [2.75, 3.05) is 0 Å². The SMILES string of the molecule is CC(C)CC[C@@](O)(CC(=O)O)C(=O)O. The summed E-state index contributed by atoms with van der Waals surface area (Å²) in [7, 11) is 0. The van der Waals surface area contributed by atoms with Gasteiger partial charge in [-0.15, -0.1) is 0 Å². The molecule has 0 aliphatic rings. The van der Waals surface area contributed by atoms with E-state index in [0.717, 1.165) is 0 Å². The van der Waals surface area contributed by atoms with Crippen LogP contribution in [0.1, 0.15) is 33.1 Å². The lowest BCUT2D eigenvalue weighted by atomic mass is 9.91. The maximum atomic E-state index is 10.7. The number of hydrogen-bond acceptors (Lipinski definition) is 3. The Kier molecular flexibility index (Phi) is 4.56. The van der Waals surface area contributed by atoms with E-state index in [1.807, 2.05) is 13.8 Å². The summed E-state index contributed by atoms with van der Waals surface area (Å²) in [5, 5.41) is 26.6. The van der Waals surface area contributed by atoms with E-state index in [9.17, 15) is 14.7 Å². The van der Waals surface area contributed by atoms with E-state index in [-0.39, 0.29) is 12.3 Å². The third kappa shape index (κ3) is 4.23. The van der Waals surface area contributed by atoms with Crippen molar-refractivity contribution in [1.29, 1.82) is 0 Å². The molecule has 0 fully saturated rings. The van der Waals surface area contributed by atoms with Gasteiger partial charge < -0.3 is 15.3 Å². The van der Waals surface area contributed by atoms with Crippen molar-refractivity contribution < 1.29 is 24.9 Å². The molecule has 0 aromatic heterocycles. The standard InChI is InChI=1S/C9H16O5/c1-6(2)3-4-9(14,8(12)13)5-7(10)11/h6,14H,3-5H2,1-2H3,(H,10,11)(H,12,13)/t9-/m1/s1. The Morgan fingerprint density at radius 1 is 1.29 bits per heavy atom. The van der Waals surface area contributed by atoms with Crippen LogP contribution in [-0.2, 0) is 9.59 Å². The predicted octanol–water partition coefficient (Wildman–Crippen LogP) is 0.713. The van der Waals surface area contributed by atoms with E-state index in [4.69, 9.17) is 10.2 Å². The molecule has 0 radical (unpaired) electrons. The summed E-state index contributed by atoms with van der Waals surface area (Å²) >= 11 is 0. The highest BCUT2D eigenvalue weighted by atomic mass is 16.4. The van der Waals surface area contributed by atoms with E-state index >= 15 is 0 Å². The van der Waals surface area contributed by atoms with Crippen LogP contribution in [0.15, 0.2) is 0 Å². The van der Waals surface area contributed by atoms with Crippen LogP contribution in [0, 0.1) is 5.92 Å². The molecule has 0 aliphatic heterocycles. The van der Waals surface area contributed by atoms with Crippen LogP contribution < -0.4 is 0 Å². The minimum absolute atomic E-state index is 0.0354. The van der Waals surface area contributed by atoms with Crippen molar-refractivity contribution in [1.82, 2.24) is 0 Å². The molecule has 82 valence electrons. The Morgan fingerprint density at radius 3 is 2.07 bits per heavy atom. The molecule has 0 amide bonds. The van der Waals surface area contributed by atoms with Crippen LogP contribution in [0.2, 0.25) is 0 Å². The number of carboxylic acid groups (broad SMARTS) is 2. The van der Waals surface area contributed by atoms with Crippen molar-refractivity contribution in [3.63, 3.8) is 0 Å². The zero-order valence-corrected chi connectivity index (χ0v) is 8.36. The van der Waals surface area contributed by atoms with Gasteiger partial charge >= 0.3 is 11.9 Å². The van der Waals surface area contributed by atoms with E-state index < -0.39 is 24.0 Å². The van der Waals surface area contributed by atoms with Crippen LogP contribution in [0.5, 0.6) is 0 Å². The summed E-state index contributed by atoms with van der Waals surface area (Å²) in [6, 6.07) is 0. The number of carbonyl (C=O) groups is 2. The fraction of sp³-hybridized carbons (Fsp3) is 0.778. The fourth-order valence-corrected chi connectivity index (χ4v) is 1.05. The Hall–Kier alpha value is -1.10. The number of carboxylic acids is 2. The van der Waals surface area contributed by atoms with E-state index in [1.54, 1.807) is 0 Å². The monoisotopic (exact) mass is 204 g/mol. The van der Waals surface area contributed by atoms with Crippen LogP contribution in [0.3, 0.4) is 0 Å². The Morgan fingerprint density at radius 2 is 1.79 bits per heavy atom. The van der Waals surface area contributed by atoms with Crippen molar-refractivity contribution >= 4 is 11.9 Å². The molecule has 0 saturated heterocycles. The Bertz CT molecular complexity index is 223. The predicted molar refractivity (Wildman–Crippen MR) is 48.9 cm³/mol. The highest BCUT2D eigenvalue weighted by molar-refractivity contribution is 5.83. The molecule has 0 heterocycles. The summed E-state index contributed by atoms with van der Waals surface area (Å²) in [5.74, 6) is -2.55. The first-order chi connectivity index (χ1) is 6.28. The first-order valence-corrected chi connectivity index (χ1v) is 4.45. The summed E-state index contributed by atoms with van der Waals surface area (Å²) in [4.78, 5) is 21.0. The van der Waals surface area contributed by atoms with Gasteiger partial charge in [0.05, 0.1) is 6.42 Å². The summed E-state index contributed by atoms with van der Waals surface area (Å²) in [6.45, 7) is 3.76. The maximum Gasteiger partial charge on any atom is 0.336 e. The molecule has 0 aromatic carbocycles. The number of hydrogen-bond donors (Lipinski definition) is 3.